The molecule has 1 aromatic rings. The van der Waals surface area contributed by atoms with E-state index >= 15 is 0 Å². The van der Waals surface area contributed by atoms with Gasteiger partial charge < -0.3 is 10.5 Å². The molecule has 0 fully saturated rings. The van der Waals surface area contributed by atoms with E-state index in [9.17, 15) is 4.79 Å². The molecule has 0 spiro atoms. The van der Waals surface area contributed by atoms with E-state index in [1.54, 1.807) is 6.92 Å². The van der Waals surface area contributed by atoms with Crippen molar-refractivity contribution in [3.63, 3.8) is 0 Å². The molecule has 0 aliphatic rings. The summed E-state index contributed by atoms with van der Waals surface area (Å²) in [5.41, 5.74) is 8.01. The van der Waals surface area contributed by atoms with Gasteiger partial charge in [0, 0.05) is 17.1 Å². The number of ether oxygens (including phenoxy) is 1. The summed E-state index contributed by atoms with van der Waals surface area (Å²) in [4.78, 5) is 20.3. The maximum absolute atomic E-state index is 11.4. The number of carbonyl (C=O) groups is 1. The minimum Gasteiger partial charge on any atom is -0.468 e. The number of esters is 1. The van der Waals surface area contributed by atoms with Crippen LogP contribution in [0.3, 0.4) is 0 Å². The molecule has 0 radical (unpaired) electrons. The monoisotopic (exact) mass is 283 g/mol. The van der Waals surface area contributed by atoms with E-state index in [-0.39, 0.29) is 0 Å². The van der Waals surface area contributed by atoms with Gasteiger partial charge in [0.1, 0.15) is 5.54 Å². The molecule has 0 saturated carbocycles. The third-order valence-corrected chi connectivity index (χ3v) is 3.97. The van der Waals surface area contributed by atoms with E-state index in [0.717, 1.165) is 22.1 Å². The number of methoxy groups -OCH3 is 1. The summed E-state index contributed by atoms with van der Waals surface area (Å²) < 4.78 is 4.67. The molecule has 6 heteroatoms. The van der Waals surface area contributed by atoms with E-state index in [4.69, 9.17) is 5.73 Å². The normalized spacial score (nSPS) is 14.0. The first-order valence-corrected chi connectivity index (χ1v) is 7.08. The van der Waals surface area contributed by atoms with E-state index in [2.05, 4.69) is 14.7 Å². The Morgan fingerprint density at radius 3 is 2.32 bits per heavy atom. The molecule has 2 N–H and O–H groups in total. The lowest BCUT2D eigenvalue weighted by molar-refractivity contribution is -0.146. The molecule has 0 aromatic carbocycles. The van der Waals surface area contributed by atoms with Crippen LogP contribution in [0.2, 0.25) is 0 Å². The number of carbonyl (C=O) groups excluding carboxylic acids is 1. The SMILES string of the molecule is COC(=O)C(C)(N)CCSc1nc(C)c(C)c(C)n1. The highest BCUT2D eigenvalue weighted by Crippen LogP contribution is 2.20. The Kier molecular flexibility index (Phi) is 5.31. The number of nitrogens with zero attached hydrogens (tertiary/aromatic N) is 2. The van der Waals surface area contributed by atoms with Crippen molar-refractivity contribution >= 4 is 17.7 Å². The molecule has 1 unspecified atom stereocenters. The van der Waals surface area contributed by atoms with Crippen molar-refractivity contribution in [3.05, 3.63) is 17.0 Å². The van der Waals surface area contributed by atoms with Gasteiger partial charge in [0.05, 0.1) is 7.11 Å². The Morgan fingerprint density at radius 2 is 1.84 bits per heavy atom. The zero-order valence-corrected chi connectivity index (χ0v) is 12.9. The zero-order valence-electron chi connectivity index (χ0n) is 12.1. The predicted octanol–water partition coefficient (Wildman–Crippen LogP) is 1.77. The van der Waals surface area contributed by atoms with Gasteiger partial charge in [0.25, 0.3) is 0 Å². The molecule has 1 rings (SSSR count). The molecule has 1 heterocycles. The fraction of sp³-hybridized carbons (Fsp3) is 0.615. The average molecular weight is 283 g/mol. The van der Waals surface area contributed by atoms with E-state index in [1.165, 1.54) is 18.9 Å². The van der Waals surface area contributed by atoms with E-state index < -0.39 is 11.5 Å². The highest BCUT2D eigenvalue weighted by Gasteiger charge is 2.28. The quantitative estimate of drug-likeness (QED) is 0.504. The second-order valence-corrected chi connectivity index (χ2v) is 5.87. The first-order chi connectivity index (χ1) is 8.77. The van der Waals surface area contributed by atoms with Gasteiger partial charge in [0.15, 0.2) is 5.16 Å². The fourth-order valence-corrected chi connectivity index (χ4v) is 2.61. The summed E-state index contributed by atoms with van der Waals surface area (Å²) in [6.45, 7) is 7.62. The van der Waals surface area contributed by atoms with Crippen LogP contribution in [0.1, 0.15) is 30.3 Å². The van der Waals surface area contributed by atoms with E-state index in [1.807, 2.05) is 20.8 Å². The number of hydrogen-bond donors (Lipinski definition) is 1. The Hall–Kier alpha value is -1.14. The topological polar surface area (TPSA) is 78.1 Å². The molecule has 106 valence electrons. The Labute approximate surface area is 118 Å². The second kappa shape index (κ2) is 6.34. The van der Waals surface area contributed by atoms with Crippen molar-refractivity contribution in [1.29, 1.82) is 0 Å². The van der Waals surface area contributed by atoms with Crippen molar-refractivity contribution in [2.75, 3.05) is 12.9 Å². The average Bonchev–Trinajstić information content (AvgIpc) is 2.34. The van der Waals surface area contributed by atoms with Crippen LogP contribution in [-0.2, 0) is 9.53 Å². The summed E-state index contributed by atoms with van der Waals surface area (Å²) in [6, 6.07) is 0. The Morgan fingerprint density at radius 1 is 1.32 bits per heavy atom. The molecular formula is C13H21N3O2S. The summed E-state index contributed by atoms with van der Waals surface area (Å²) >= 11 is 1.50. The van der Waals surface area contributed by atoms with Gasteiger partial charge >= 0.3 is 5.97 Å². The lowest BCUT2D eigenvalue weighted by Crippen LogP contribution is -2.46. The van der Waals surface area contributed by atoms with E-state index in [0.29, 0.717) is 12.2 Å². The van der Waals surface area contributed by atoms with Crippen LogP contribution in [0, 0.1) is 20.8 Å². The summed E-state index contributed by atoms with van der Waals surface area (Å²) in [6.07, 6.45) is 0.514. The minimum absolute atomic E-state index is 0.398. The van der Waals surface area contributed by atoms with Crippen LogP contribution in [0.15, 0.2) is 5.16 Å². The lowest BCUT2D eigenvalue weighted by Gasteiger charge is -2.20. The number of aryl methyl sites for hydroxylation is 2. The van der Waals surface area contributed by atoms with Crippen molar-refractivity contribution < 1.29 is 9.53 Å². The Balaban J connectivity index is 2.61. The van der Waals surface area contributed by atoms with Crippen LogP contribution in [0.4, 0.5) is 0 Å². The Bertz CT molecular complexity index is 452. The van der Waals surface area contributed by atoms with Crippen LogP contribution < -0.4 is 5.73 Å². The number of aromatic nitrogens is 2. The smallest absolute Gasteiger partial charge is 0.325 e. The summed E-state index contributed by atoms with van der Waals surface area (Å²) in [5, 5.41) is 0.723. The number of thioether (sulfide) groups is 1. The highest BCUT2D eigenvalue weighted by atomic mass is 32.2. The van der Waals surface area contributed by atoms with Gasteiger partial charge in [-0.3, -0.25) is 4.79 Å². The van der Waals surface area contributed by atoms with Crippen LogP contribution in [0.25, 0.3) is 0 Å². The lowest BCUT2D eigenvalue weighted by atomic mass is 10.0. The third-order valence-electron chi connectivity index (χ3n) is 3.12. The van der Waals surface area contributed by atoms with Gasteiger partial charge in [-0.25, -0.2) is 9.97 Å². The maximum atomic E-state index is 11.4. The number of nitrogens with two attached hydrogens (primary N) is 1. The van der Waals surface area contributed by atoms with Crippen LogP contribution in [0.5, 0.6) is 0 Å². The number of hydrogen-bond acceptors (Lipinski definition) is 6. The van der Waals surface area contributed by atoms with Crippen LogP contribution >= 0.6 is 11.8 Å². The standard InChI is InChI=1S/C13H21N3O2S/c1-8-9(2)15-12(16-10(8)3)19-7-6-13(4,14)11(17)18-5/h6-7,14H2,1-5H3. The third kappa shape index (κ3) is 4.18. The first-order valence-electron chi connectivity index (χ1n) is 6.10. The van der Waals surface area contributed by atoms with Gasteiger partial charge in [-0.1, -0.05) is 11.8 Å². The largest absolute Gasteiger partial charge is 0.468 e. The van der Waals surface area contributed by atoms with Gasteiger partial charge in [0.2, 0.25) is 0 Å². The van der Waals surface area contributed by atoms with Gasteiger partial charge in [-0.15, -0.1) is 0 Å². The van der Waals surface area contributed by atoms with Crippen molar-refractivity contribution in [1.82, 2.24) is 9.97 Å². The summed E-state index contributed by atoms with van der Waals surface area (Å²) in [5.74, 6) is 0.273. The fourth-order valence-electron chi connectivity index (χ4n) is 1.50. The first kappa shape index (κ1) is 15.9. The number of rotatable bonds is 5. The molecule has 0 saturated heterocycles. The van der Waals surface area contributed by atoms with Crippen LogP contribution in [-0.4, -0.2) is 34.3 Å². The van der Waals surface area contributed by atoms with Gasteiger partial charge in [-0.2, -0.15) is 0 Å². The molecule has 0 aliphatic carbocycles. The summed E-state index contributed by atoms with van der Waals surface area (Å²) in [7, 11) is 1.34. The molecule has 1 aromatic heterocycles. The second-order valence-electron chi connectivity index (χ2n) is 4.81. The van der Waals surface area contributed by atoms with Crippen molar-refractivity contribution in [2.45, 2.75) is 44.8 Å². The maximum Gasteiger partial charge on any atom is 0.325 e. The minimum atomic E-state index is -0.962. The molecule has 1 atom stereocenters. The molecule has 19 heavy (non-hydrogen) atoms. The van der Waals surface area contributed by atoms with Crippen molar-refractivity contribution in [2.24, 2.45) is 5.73 Å². The molecule has 0 bridgehead atoms. The molecule has 0 amide bonds. The van der Waals surface area contributed by atoms with Gasteiger partial charge in [-0.05, 0) is 39.7 Å². The zero-order chi connectivity index (χ0) is 14.6. The van der Waals surface area contributed by atoms with Crippen molar-refractivity contribution in [3.8, 4) is 0 Å². The predicted molar refractivity (Wildman–Crippen MR) is 76.2 cm³/mol. The molecule has 0 aliphatic heterocycles. The molecule has 5 nitrogen and oxygen atoms in total. The molecular weight excluding hydrogens is 262 g/mol. The highest BCUT2D eigenvalue weighted by molar-refractivity contribution is 7.99.